The van der Waals surface area contributed by atoms with Crippen LogP contribution in [0.2, 0.25) is 0 Å². The first-order valence-electron chi connectivity index (χ1n) is 6.82. The number of hydrogen-bond donors (Lipinski definition) is 2. The molecule has 0 saturated heterocycles. The first-order chi connectivity index (χ1) is 8.99. The maximum atomic E-state index is 11.8. The summed E-state index contributed by atoms with van der Waals surface area (Å²) in [5, 5.41) is 3.47. The quantitative estimate of drug-likeness (QED) is 0.875. The highest BCUT2D eigenvalue weighted by Crippen LogP contribution is 2.23. The summed E-state index contributed by atoms with van der Waals surface area (Å²) in [6, 6.07) is 8.47. The standard InChI is InChI=1S/C15H21BrN2O/c1-15(14(17)19,18-13-4-2-3-5-13)10-11-6-8-12(16)9-7-11/h6-9,13,18H,2-5,10H2,1H3,(H2,17,19). The Morgan fingerprint density at radius 3 is 2.47 bits per heavy atom. The highest BCUT2D eigenvalue weighted by Gasteiger charge is 2.34. The summed E-state index contributed by atoms with van der Waals surface area (Å²) in [6.45, 7) is 1.91. The number of amides is 1. The summed E-state index contributed by atoms with van der Waals surface area (Å²) in [5.41, 5.74) is 6.07. The second-order valence-corrected chi connectivity index (χ2v) is 6.54. The predicted molar refractivity (Wildman–Crippen MR) is 80.8 cm³/mol. The lowest BCUT2D eigenvalue weighted by Crippen LogP contribution is -2.57. The van der Waals surface area contributed by atoms with Gasteiger partial charge < -0.3 is 11.1 Å². The van der Waals surface area contributed by atoms with E-state index in [4.69, 9.17) is 5.73 Å². The number of nitrogens with one attached hydrogen (secondary N) is 1. The van der Waals surface area contributed by atoms with Gasteiger partial charge in [-0.05, 0) is 43.9 Å². The third-order valence-electron chi connectivity index (χ3n) is 3.89. The Morgan fingerprint density at radius 1 is 1.37 bits per heavy atom. The zero-order valence-corrected chi connectivity index (χ0v) is 12.9. The molecule has 19 heavy (non-hydrogen) atoms. The van der Waals surface area contributed by atoms with Crippen molar-refractivity contribution in [3.63, 3.8) is 0 Å². The van der Waals surface area contributed by atoms with E-state index in [0.29, 0.717) is 12.5 Å². The van der Waals surface area contributed by atoms with Gasteiger partial charge in [-0.3, -0.25) is 4.79 Å². The number of rotatable bonds is 5. The minimum absolute atomic E-state index is 0.276. The van der Waals surface area contributed by atoms with Gasteiger partial charge in [0.25, 0.3) is 0 Å². The summed E-state index contributed by atoms with van der Waals surface area (Å²) in [4.78, 5) is 11.8. The molecule has 1 atom stereocenters. The van der Waals surface area contributed by atoms with Gasteiger partial charge in [-0.1, -0.05) is 40.9 Å². The minimum atomic E-state index is -0.664. The van der Waals surface area contributed by atoms with E-state index in [1.54, 1.807) is 0 Å². The van der Waals surface area contributed by atoms with E-state index in [2.05, 4.69) is 21.2 Å². The topological polar surface area (TPSA) is 55.1 Å². The van der Waals surface area contributed by atoms with E-state index >= 15 is 0 Å². The fourth-order valence-electron chi connectivity index (χ4n) is 2.74. The maximum Gasteiger partial charge on any atom is 0.237 e. The van der Waals surface area contributed by atoms with Gasteiger partial charge in [0.05, 0.1) is 5.54 Å². The Hall–Kier alpha value is -0.870. The van der Waals surface area contributed by atoms with Crippen LogP contribution >= 0.6 is 15.9 Å². The molecule has 1 aliphatic rings. The Morgan fingerprint density at radius 2 is 1.95 bits per heavy atom. The summed E-state index contributed by atoms with van der Waals surface area (Å²) in [6.07, 6.45) is 5.40. The third-order valence-corrected chi connectivity index (χ3v) is 4.42. The van der Waals surface area contributed by atoms with Crippen LogP contribution in [0, 0.1) is 0 Å². The molecule has 3 N–H and O–H groups in total. The number of nitrogens with two attached hydrogens (primary N) is 1. The second-order valence-electron chi connectivity index (χ2n) is 5.63. The van der Waals surface area contributed by atoms with Gasteiger partial charge in [0.15, 0.2) is 0 Å². The molecule has 104 valence electrons. The Bertz CT molecular complexity index is 440. The third kappa shape index (κ3) is 3.80. The molecule has 0 aromatic heterocycles. The van der Waals surface area contributed by atoms with Crippen molar-refractivity contribution in [1.29, 1.82) is 0 Å². The molecular formula is C15H21BrN2O. The van der Waals surface area contributed by atoms with E-state index in [1.165, 1.54) is 12.8 Å². The first-order valence-corrected chi connectivity index (χ1v) is 7.61. The molecule has 1 unspecified atom stereocenters. The fraction of sp³-hybridized carbons (Fsp3) is 0.533. The number of carbonyl (C=O) groups is 1. The monoisotopic (exact) mass is 324 g/mol. The lowest BCUT2D eigenvalue weighted by atomic mass is 9.91. The van der Waals surface area contributed by atoms with Crippen LogP contribution in [0.25, 0.3) is 0 Å². The number of primary amides is 1. The highest BCUT2D eigenvalue weighted by molar-refractivity contribution is 9.10. The highest BCUT2D eigenvalue weighted by atomic mass is 79.9. The first kappa shape index (κ1) is 14.5. The van der Waals surface area contributed by atoms with Crippen molar-refractivity contribution in [2.45, 2.75) is 50.6 Å². The van der Waals surface area contributed by atoms with Gasteiger partial charge >= 0.3 is 0 Å². The lowest BCUT2D eigenvalue weighted by molar-refractivity contribution is -0.124. The Labute approximate surface area is 123 Å². The van der Waals surface area contributed by atoms with E-state index in [-0.39, 0.29) is 5.91 Å². The summed E-state index contributed by atoms with van der Waals surface area (Å²) in [7, 11) is 0. The van der Waals surface area contributed by atoms with Crippen molar-refractivity contribution in [2.24, 2.45) is 5.73 Å². The molecule has 0 aliphatic heterocycles. The lowest BCUT2D eigenvalue weighted by Gasteiger charge is -2.31. The molecule has 0 bridgehead atoms. The molecule has 1 aromatic rings. The number of carbonyl (C=O) groups excluding carboxylic acids is 1. The average Bonchev–Trinajstić information content (AvgIpc) is 2.84. The summed E-state index contributed by atoms with van der Waals surface area (Å²) in [5.74, 6) is -0.276. The van der Waals surface area contributed by atoms with E-state index in [1.807, 2.05) is 31.2 Å². The van der Waals surface area contributed by atoms with Crippen LogP contribution in [0.4, 0.5) is 0 Å². The van der Waals surface area contributed by atoms with Crippen LogP contribution in [0.15, 0.2) is 28.7 Å². The van der Waals surface area contributed by atoms with Crippen molar-refractivity contribution in [3.05, 3.63) is 34.3 Å². The van der Waals surface area contributed by atoms with E-state index in [9.17, 15) is 4.79 Å². The summed E-state index contributed by atoms with van der Waals surface area (Å²) >= 11 is 3.42. The SMILES string of the molecule is CC(Cc1ccc(Br)cc1)(NC1CCCC1)C(N)=O. The van der Waals surface area contributed by atoms with Crippen LogP contribution in [-0.2, 0) is 11.2 Å². The zero-order chi connectivity index (χ0) is 13.9. The molecule has 2 rings (SSSR count). The van der Waals surface area contributed by atoms with Crippen LogP contribution in [0.1, 0.15) is 38.2 Å². The Kier molecular flexibility index (Phi) is 4.63. The smallest absolute Gasteiger partial charge is 0.237 e. The van der Waals surface area contributed by atoms with Crippen LogP contribution in [0.5, 0.6) is 0 Å². The van der Waals surface area contributed by atoms with Crippen LogP contribution in [0.3, 0.4) is 0 Å². The van der Waals surface area contributed by atoms with Crippen molar-refractivity contribution >= 4 is 21.8 Å². The number of benzene rings is 1. The zero-order valence-electron chi connectivity index (χ0n) is 11.3. The van der Waals surface area contributed by atoms with Gasteiger partial charge in [-0.25, -0.2) is 0 Å². The van der Waals surface area contributed by atoms with Crippen molar-refractivity contribution < 1.29 is 4.79 Å². The molecule has 1 aromatic carbocycles. The van der Waals surface area contributed by atoms with E-state index in [0.717, 1.165) is 22.9 Å². The van der Waals surface area contributed by atoms with E-state index < -0.39 is 5.54 Å². The predicted octanol–water partition coefficient (Wildman–Crippen LogP) is 2.77. The van der Waals surface area contributed by atoms with Crippen LogP contribution in [-0.4, -0.2) is 17.5 Å². The fourth-order valence-corrected chi connectivity index (χ4v) is 3.00. The normalized spacial score (nSPS) is 19.3. The minimum Gasteiger partial charge on any atom is -0.368 e. The molecule has 0 spiro atoms. The van der Waals surface area contributed by atoms with Gasteiger partial charge in [0.2, 0.25) is 5.91 Å². The second kappa shape index (κ2) is 6.06. The molecule has 1 amide bonds. The van der Waals surface area contributed by atoms with Crippen molar-refractivity contribution in [3.8, 4) is 0 Å². The molecule has 1 aliphatic carbocycles. The number of halogens is 1. The summed E-state index contributed by atoms with van der Waals surface area (Å²) < 4.78 is 1.04. The molecule has 1 saturated carbocycles. The Balaban J connectivity index is 2.09. The van der Waals surface area contributed by atoms with Gasteiger partial charge in [-0.2, -0.15) is 0 Å². The molecule has 1 fully saturated rings. The van der Waals surface area contributed by atoms with Crippen LogP contribution < -0.4 is 11.1 Å². The average molecular weight is 325 g/mol. The van der Waals surface area contributed by atoms with Gasteiger partial charge in [0, 0.05) is 10.5 Å². The largest absolute Gasteiger partial charge is 0.368 e. The molecule has 0 radical (unpaired) electrons. The number of hydrogen-bond acceptors (Lipinski definition) is 2. The maximum absolute atomic E-state index is 11.8. The molecular weight excluding hydrogens is 304 g/mol. The van der Waals surface area contributed by atoms with Crippen molar-refractivity contribution in [2.75, 3.05) is 0 Å². The molecule has 3 nitrogen and oxygen atoms in total. The molecule has 0 heterocycles. The molecule has 4 heteroatoms. The van der Waals surface area contributed by atoms with Gasteiger partial charge in [-0.15, -0.1) is 0 Å². The van der Waals surface area contributed by atoms with Gasteiger partial charge in [0.1, 0.15) is 0 Å². The van der Waals surface area contributed by atoms with Crippen molar-refractivity contribution in [1.82, 2.24) is 5.32 Å².